The quantitative estimate of drug-likeness (QED) is 0.102. The van der Waals surface area contributed by atoms with Crippen molar-refractivity contribution in [3.8, 4) is 16.9 Å². The van der Waals surface area contributed by atoms with Crippen LogP contribution >= 0.6 is 0 Å². The van der Waals surface area contributed by atoms with Gasteiger partial charge >= 0.3 is 12.1 Å². The molecule has 0 unspecified atom stereocenters. The minimum Gasteiger partial charge on any atom is -0.489 e. The number of hydrogen-bond donors (Lipinski definition) is 4. The smallest absolute Gasteiger partial charge is 0.407 e. The molecule has 6 rings (SSSR count). The maximum absolute atomic E-state index is 13.7. The van der Waals surface area contributed by atoms with E-state index in [0.717, 1.165) is 33.4 Å². The van der Waals surface area contributed by atoms with Crippen LogP contribution in [-0.4, -0.2) is 66.9 Å². The highest BCUT2D eigenvalue weighted by Crippen LogP contribution is 2.44. The molecule has 11 nitrogen and oxygen atoms in total. The molecule has 1 aliphatic heterocycles. The van der Waals surface area contributed by atoms with Crippen LogP contribution in [-0.2, 0) is 36.9 Å². The van der Waals surface area contributed by atoms with Crippen molar-refractivity contribution in [2.75, 3.05) is 19.8 Å². The third kappa shape index (κ3) is 10.8. The van der Waals surface area contributed by atoms with E-state index in [2.05, 4.69) is 28.1 Å². The van der Waals surface area contributed by atoms with E-state index in [0.29, 0.717) is 25.2 Å². The van der Waals surface area contributed by atoms with Gasteiger partial charge in [0.25, 0.3) is 0 Å². The highest BCUT2D eigenvalue weighted by Gasteiger charge is 2.31. The van der Waals surface area contributed by atoms with Crippen LogP contribution in [0.4, 0.5) is 4.79 Å². The number of hydrogen-bond acceptors (Lipinski definition) is 8. The van der Waals surface area contributed by atoms with E-state index in [1.165, 1.54) is 0 Å². The second-order valence-corrected chi connectivity index (χ2v) is 14.3. The Labute approximate surface area is 327 Å². The molecule has 1 aliphatic carbocycles. The van der Waals surface area contributed by atoms with Crippen LogP contribution in [0.2, 0.25) is 0 Å². The predicted molar refractivity (Wildman–Crippen MR) is 212 cm³/mol. The minimum absolute atomic E-state index is 0.0908. The number of aliphatic hydroxyl groups is 1. The van der Waals surface area contributed by atoms with Gasteiger partial charge in [0.05, 0.1) is 18.6 Å². The summed E-state index contributed by atoms with van der Waals surface area (Å²) in [6.07, 6.45) is 4.03. The lowest BCUT2D eigenvalue weighted by Crippen LogP contribution is -2.47. The van der Waals surface area contributed by atoms with Crippen molar-refractivity contribution >= 4 is 23.9 Å². The van der Waals surface area contributed by atoms with Gasteiger partial charge < -0.3 is 35.3 Å². The first-order chi connectivity index (χ1) is 27.3. The highest BCUT2D eigenvalue weighted by atomic mass is 16.6. The molecule has 56 heavy (non-hydrogen) atoms. The van der Waals surface area contributed by atoms with Crippen LogP contribution in [0.3, 0.4) is 0 Å². The second kappa shape index (κ2) is 19.6. The first-order valence-electron chi connectivity index (χ1n) is 19.2. The monoisotopic (exact) mass is 759 g/mol. The number of rotatable bonds is 12. The summed E-state index contributed by atoms with van der Waals surface area (Å²) < 4.78 is 17.5. The van der Waals surface area contributed by atoms with Crippen molar-refractivity contribution in [3.63, 3.8) is 0 Å². The lowest BCUT2D eigenvalue weighted by atomic mass is 9.97. The lowest BCUT2D eigenvalue weighted by molar-refractivity contribution is -0.147. The zero-order valence-corrected chi connectivity index (χ0v) is 31.5. The van der Waals surface area contributed by atoms with Crippen LogP contribution in [0.5, 0.6) is 5.75 Å². The Morgan fingerprint density at radius 3 is 2.25 bits per heavy atom. The molecule has 0 fully saturated rings. The number of allylic oxidation sites excluding steroid dienone is 2. The summed E-state index contributed by atoms with van der Waals surface area (Å²) in [4.78, 5) is 53.3. The van der Waals surface area contributed by atoms with Gasteiger partial charge in [0.2, 0.25) is 11.8 Å². The standard InChI is InChI=1S/C45H49N3O8/c1-30(26-49)46-42(50)25-33-14-6-3-7-19-41(48-45(53)56-29-40-38-17-10-8-15-36(38)37-16-9-11-18-39(37)40)44(52)55-28-34(47-43(33)51)24-31-20-22-35(23-21-31)54-27-32-12-4-2-5-13-32/h2-6,8-13,15-18,20-23,30,33-34,40-41,49H,7,14,19,24-29H2,1H3,(H,46,50)(H,47,51)(H,48,53)/t30-,33+,34-,41-/m0/s1. The summed E-state index contributed by atoms with van der Waals surface area (Å²) in [7, 11) is 0. The van der Waals surface area contributed by atoms with Crippen molar-refractivity contribution in [1.82, 2.24) is 16.0 Å². The second-order valence-electron chi connectivity index (χ2n) is 14.3. The molecular formula is C45H49N3O8. The highest BCUT2D eigenvalue weighted by molar-refractivity contribution is 5.86. The molecule has 4 N–H and O–H groups in total. The fourth-order valence-electron chi connectivity index (χ4n) is 7.06. The number of carbonyl (C=O) groups excluding carboxylic acids is 4. The Balaban J connectivity index is 1.13. The van der Waals surface area contributed by atoms with Gasteiger partial charge in [0.1, 0.15) is 31.6 Å². The molecule has 0 saturated carbocycles. The van der Waals surface area contributed by atoms with Crippen LogP contribution < -0.4 is 20.7 Å². The molecule has 4 aromatic rings. The summed E-state index contributed by atoms with van der Waals surface area (Å²) in [5, 5.41) is 17.9. The first-order valence-corrected chi connectivity index (χ1v) is 19.2. The number of benzene rings is 4. The van der Waals surface area contributed by atoms with Gasteiger partial charge in [-0.1, -0.05) is 103 Å². The first kappa shape index (κ1) is 39.7. The van der Waals surface area contributed by atoms with Gasteiger partial charge in [-0.2, -0.15) is 0 Å². The van der Waals surface area contributed by atoms with Crippen molar-refractivity contribution < 1.29 is 38.5 Å². The molecule has 4 aromatic carbocycles. The fourth-order valence-corrected chi connectivity index (χ4v) is 7.06. The number of amides is 3. The van der Waals surface area contributed by atoms with Gasteiger partial charge in [-0.15, -0.1) is 0 Å². The molecule has 0 saturated heterocycles. The van der Waals surface area contributed by atoms with Gasteiger partial charge in [-0.3, -0.25) is 9.59 Å². The molecule has 11 heteroatoms. The van der Waals surface area contributed by atoms with Gasteiger partial charge in [0, 0.05) is 18.4 Å². The van der Waals surface area contributed by atoms with E-state index >= 15 is 0 Å². The minimum atomic E-state index is -1.00. The van der Waals surface area contributed by atoms with Crippen LogP contribution in [0.25, 0.3) is 11.1 Å². The van der Waals surface area contributed by atoms with Crippen molar-refractivity contribution in [2.45, 2.75) is 69.7 Å². The maximum atomic E-state index is 13.7. The van der Waals surface area contributed by atoms with E-state index in [4.69, 9.17) is 14.2 Å². The molecule has 0 bridgehead atoms. The lowest BCUT2D eigenvalue weighted by Gasteiger charge is -2.24. The topological polar surface area (TPSA) is 152 Å². The Bertz CT molecular complexity index is 1940. The molecule has 3 amide bonds. The summed E-state index contributed by atoms with van der Waals surface area (Å²) in [5.41, 5.74) is 6.28. The summed E-state index contributed by atoms with van der Waals surface area (Å²) >= 11 is 0. The van der Waals surface area contributed by atoms with Crippen molar-refractivity contribution in [2.24, 2.45) is 5.92 Å². The number of esters is 1. The van der Waals surface area contributed by atoms with E-state index < -0.39 is 36.1 Å². The average molecular weight is 760 g/mol. The van der Waals surface area contributed by atoms with Gasteiger partial charge in [0.15, 0.2) is 0 Å². The molecule has 1 heterocycles. The van der Waals surface area contributed by atoms with Crippen molar-refractivity contribution in [3.05, 3.63) is 138 Å². The SMILES string of the molecule is C[C@@H](CO)NC(=O)C[C@H]1CC=CCC[C@H](NC(=O)OCC2c3ccccc3-c3ccccc32)C(=O)OC[C@H](Cc2ccc(OCc3ccccc3)cc2)NC1=O. The van der Waals surface area contributed by atoms with Crippen LogP contribution in [0.1, 0.15) is 60.8 Å². The zero-order chi connectivity index (χ0) is 39.3. The Morgan fingerprint density at radius 2 is 1.55 bits per heavy atom. The van der Waals surface area contributed by atoms with Crippen LogP contribution in [0, 0.1) is 5.92 Å². The molecule has 2 aliphatic rings. The predicted octanol–water partition coefficient (Wildman–Crippen LogP) is 5.99. The molecule has 292 valence electrons. The van der Waals surface area contributed by atoms with Gasteiger partial charge in [-0.05, 0) is 78.1 Å². The van der Waals surface area contributed by atoms with E-state index in [1.807, 2.05) is 103 Å². The Morgan fingerprint density at radius 1 is 0.875 bits per heavy atom. The number of cyclic esters (lactones) is 1. The molecule has 0 radical (unpaired) electrons. The number of carbonyl (C=O) groups is 4. The largest absolute Gasteiger partial charge is 0.489 e. The van der Waals surface area contributed by atoms with Gasteiger partial charge in [-0.25, -0.2) is 9.59 Å². The number of aliphatic hydroxyl groups excluding tert-OH is 1. The number of ether oxygens (including phenoxy) is 3. The third-order valence-electron chi connectivity index (χ3n) is 10.0. The molecule has 0 aromatic heterocycles. The number of nitrogens with one attached hydrogen (secondary N) is 3. The fraction of sp³-hybridized carbons (Fsp3) is 0.333. The zero-order valence-electron chi connectivity index (χ0n) is 31.5. The average Bonchev–Trinajstić information content (AvgIpc) is 3.54. The van der Waals surface area contributed by atoms with Crippen molar-refractivity contribution in [1.29, 1.82) is 0 Å². The maximum Gasteiger partial charge on any atom is 0.407 e. The van der Waals surface area contributed by atoms with E-state index in [-0.39, 0.29) is 56.8 Å². The summed E-state index contributed by atoms with van der Waals surface area (Å²) in [6, 6.07) is 31.3. The normalized spacial score (nSPS) is 19.1. The molecule has 4 atom stereocenters. The Kier molecular flexibility index (Phi) is 13.9. The number of fused-ring (bicyclic) bond motifs is 3. The van der Waals surface area contributed by atoms with E-state index in [1.54, 1.807) is 6.92 Å². The number of alkyl carbamates (subject to hydrolysis) is 1. The molecular weight excluding hydrogens is 711 g/mol. The molecule has 0 spiro atoms. The Hall–Kier alpha value is -5.94. The van der Waals surface area contributed by atoms with E-state index in [9.17, 15) is 24.3 Å². The summed E-state index contributed by atoms with van der Waals surface area (Å²) in [6.45, 7) is 1.79. The third-order valence-corrected chi connectivity index (χ3v) is 10.0. The summed E-state index contributed by atoms with van der Waals surface area (Å²) in [5.74, 6) is -1.54. The van der Waals surface area contributed by atoms with Crippen LogP contribution in [0.15, 0.2) is 115 Å².